The summed E-state index contributed by atoms with van der Waals surface area (Å²) in [6, 6.07) is 7.53. The Kier molecular flexibility index (Phi) is 6.30. The highest BCUT2D eigenvalue weighted by Gasteiger charge is 2.27. The first-order chi connectivity index (χ1) is 15.3. The molecule has 1 aromatic carbocycles. The van der Waals surface area contributed by atoms with Gasteiger partial charge in [-0.25, -0.2) is 9.67 Å². The number of amides is 1. The van der Waals surface area contributed by atoms with Gasteiger partial charge < -0.3 is 9.64 Å². The number of nitrogens with zero attached hydrogens (tertiary/aromatic N) is 6. The zero-order valence-electron chi connectivity index (χ0n) is 19.3. The lowest BCUT2D eigenvalue weighted by Crippen LogP contribution is -2.48. The fourth-order valence-electron chi connectivity index (χ4n) is 3.71. The van der Waals surface area contributed by atoms with Gasteiger partial charge in [0.2, 0.25) is 0 Å². The Bertz CT molecular complexity index is 1070. The maximum Gasteiger partial charge on any atom is 0.276 e. The number of methoxy groups -OCH3 is 1. The van der Waals surface area contributed by atoms with Crippen LogP contribution in [0.3, 0.4) is 0 Å². The van der Waals surface area contributed by atoms with Crippen molar-refractivity contribution in [1.82, 2.24) is 29.8 Å². The predicted molar refractivity (Wildman–Crippen MR) is 125 cm³/mol. The third-order valence-electron chi connectivity index (χ3n) is 5.65. The summed E-state index contributed by atoms with van der Waals surface area (Å²) in [6.45, 7) is 12.2. The second kappa shape index (κ2) is 8.99. The van der Waals surface area contributed by atoms with Crippen molar-refractivity contribution in [2.75, 3.05) is 33.3 Å². The fraction of sp³-hybridized carbons (Fsp3) is 0.478. The highest BCUT2D eigenvalue weighted by atomic mass is 32.1. The van der Waals surface area contributed by atoms with Crippen molar-refractivity contribution in [2.45, 2.75) is 39.7 Å². The fourth-order valence-corrected chi connectivity index (χ4v) is 4.61. The van der Waals surface area contributed by atoms with Crippen LogP contribution < -0.4 is 4.74 Å². The van der Waals surface area contributed by atoms with Gasteiger partial charge in [-0.2, -0.15) is 0 Å². The number of aromatic nitrogens is 4. The molecule has 0 aliphatic carbocycles. The summed E-state index contributed by atoms with van der Waals surface area (Å²) in [5.41, 5.74) is 3.17. The maximum atomic E-state index is 13.1. The molecule has 9 heteroatoms. The molecule has 0 radical (unpaired) electrons. The zero-order chi connectivity index (χ0) is 22.9. The summed E-state index contributed by atoms with van der Waals surface area (Å²) in [7, 11) is 1.63. The molecule has 32 heavy (non-hydrogen) atoms. The zero-order valence-corrected chi connectivity index (χ0v) is 20.1. The van der Waals surface area contributed by atoms with Crippen LogP contribution in [0.5, 0.6) is 5.75 Å². The summed E-state index contributed by atoms with van der Waals surface area (Å²) in [5.74, 6) is 0.707. The van der Waals surface area contributed by atoms with E-state index in [-0.39, 0.29) is 11.3 Å². The van der Waals surface area contributed by atoms with Gasteiger partial charge in [-0.3, -0.25) is 9.69 Å². The molecule has 0 atom stereocenters. The van der Waals surface area contributed by atoms with Crippen LogP contribution in [-0.4, -0.2) is 69.0 Å². The van der Waals surface area contributed by atoms with Crippen LogP contribution in [0, 0.1) is 6.92 Å². The van der Waals surface area contributed by atoms with Gasteiger partial charge in [0.1, 0.15) is 5.75 Å². The number of hydrogen-bond acceptors (Lipinski definition) is 7. The first kappa shape index (κ1) is 22.4. The Morgan fingerprint density at radius 1 is 1.12 bits per heavy atom. The van der Waals surface area contributed by atoms with Gasteiger partial charge >= 0.3 is 0 Å². The van der Waals surface area contributed by atoms with Crippen LogP contribution in [0.1, 0.15) is 47.7 Å². The molecule has 1 fully saturated rings. The summed E-state index contributed by atoms with van der Waals surface area (Å²) in [6.07, 6.45) is 0. The predicted octanol–water partition coefficient (Wildman–Crippen LogP) is 3.30. The Labute approximate surface area is 192 Å². The van der Waals surface area contributed by atoms with Gasteiger partial charge in [-0.15, -0.1) is 16.4 Å². The van der Waals surface area contributed by atoms with E-state index in [9.17, 15) is 4.79 Å². The lowest BCUT2D eigenvalue weighted by Gasteiger charge is -2.34. The van der Waals surface area contributed by atoms with Crippen LogP contribution in [0.25, 0.3) is 5.69 Å². The number of carbonyl (C=O) groups excluding carboxylic acids is 1. The van der Waals surface area contributed by atoms with Crippen LogP contribution in [-0.2, 0) is 12.0 Å². The molecule has 3 heterocycles. The van der Waals surface area contributed by atoms with Gasteiger partial charge in [0.05, 0.1) is 29.2 Å². The molecule has 1 saturated heterocycles. The van der Waals surface area contributed by atoms with Crippen molar-refractivity contribution in [2.24, 2.45) is 0 Å². The van der Waals surface area contributed by atoms with Gasteiger partial charge in [0.25, 0.3) is 5.91 Å². The summed E-state index contributed by atoms with van der Waals surface area (Å²) in [4.78, 5) is 22.1. The quantitative estimate of drug-likeness (QED) is 0.589. The number of ether oxygens (including phenoxy) is 1. The number of thiazole rings is 1. The Morgan fingerprint density at radius 3 is 2.41 bits per heavy atom. The minimum absolute atomic E-state index is 0.0643. The Morgan fingerprint density at radius 2 is 1.81 bits per heavy atom. The SMILES string of the molecule is COc1ccc(-n2nnc(C(=O)N3CCN(Cc4csc(C(C)(C)C)n4)CC3)c2C)cc1. The van der Waals surface area contributed by atoms with E-state index in [1.165, 1.54) is 0 Å². The molecule has 2 aromatic heterocycles. The minimum Gasteiger partial charge on any atom is -0.497 e. The Balaban J connectivity index is 1.37. The summed E-state index contributed by atoms with van der Waals surface area (Å²) >= 11 is 1.73. The molecule has 3 aromatic rings. The molecular weight excluding hydrogens is 424 g/mol. The molecule has 0 spiro atoms. The lowest BCUT2D eigenvalue weighted by molar-refractivity contribution is 0.0620. The molecule has 8 nitrogen and oxygen atoms in total. The van der Waals surface area contributed by atoms with Crippen molar-refractivity contribution >= 4 is 17.2 Å². The van der Waals surface area contributed by atoms with E-state index in [0.717, 1.165) is 47.5 Å². The molecule has 0 bridgehead atoms. The molecular formula is C23H30N6O2S. The highest BCUT2D eigenvalue weighted by Crippen LogP contribution is 2.26. The van der Waals surface area contributed by atoms with Crippen molar-refractivity contribution in [1.29, 1.82) is 0 Å². The molecule has 1 aliphatic rings. The lowest BCUT2D eigenvalue weighted by atomic mass is 9.98. The normalized spacial score (nSPS) is 15.2. The number of benzene rings is 1. The maximum absolute atomic E-state index is 13.1. The first-order valence-electron chi connectivity index (χ1n) is 10.8. The molecule has 0 N–H and O–H groups in total. The van der Waals surface area contributed by atoms with Crippen molar-refractivity contribution < 1.29 is 9.53 Å². The van der Waals surface area contributed by atoms with Crippen LogP contribution in [0.15, 0.2) is 29.6 Å². The largest absolute Gasteiger partial charge is 0.497 e. The average Bonchev–Trinajstić information content (AvgIpc) is 3.41. The topological polar surface area (TPSA) is 76.4 Å². The smallest absolute Gasteiger partial charge is 0.276 e. The molecule has 0 saturated carbocycles. The van der Waals surface area contributed by atoms with Crippen LogP contribution >= 0.6 is 11.3 Å². The Hall–Kier alpha value is -2.78. The molecule has 1 aliphatic heterocycles. The average molecular weight is 455 g/mol. The monoisotopic (exact) mass is 454 g/mol. The molecule has 4 rings (SSSR count). The summed E-state index contributed by atoms with van der Waals surface area (Å²) < 4.78 is 6.90. The van der Waals surface area contributed by atoms with E-state index in [4.69, 9.17) is 9.72 Å². The minimum atomic E-state index is -0.0643. The summed E-state index contributed by atoms with van der Waals surface area (Å²) in [5, 5.41) is 11.7. The van der Waals surface area contributed by atoms with Gasteiger partial charge in [-0.1, -0.05) is 26.0 Å². The molecule has 170 valence electrons. The van der Waals surface area contributed by atoms with Crippen molar-refractivity contribution in [3.8, 4) is 11.4 Å². The van der Waals surface area contributed by atoms with Crippen molar-refractivity contribution in [3.63, 3.8) is 0 Å². The van der Waals surface area contributed by atoms with Crippen LogP contribution in [0.4, 0.5) is 0 Å². The standard InChI is InChI=1S/C23H30N6O2S/c1-16-20(25-26-29(16)18-6-8-19(31-5)9-7-18)21(30)28-12-10-27(11-13-28)14-17-15-32-22(24-17)23(2,3)4/h6-9,15H,10-14H2,1-5H3. The number of hydrogen-bond donors (Lipinski definition) is 0. The number of carbonyl (C=O) groups is 1. The highest BCUT2D eigenvalue weighted by molar-refractivity contribution is 7.09. The van der Waals surface area contributed by atoms with Gasteiger partial charge in [0.15, 0.2) is 5.69 Å². The second-order valence-corrected chi connectivity index (χ2v) is 9.95. The van der Waals surface area contributed by atoms with E-state index in [0.29, 0.717) is 18.8 Å². The molecule has 1 amide bonds. The van der Waals surface area contributed by atoms with E-state index >= 15 is 0 Å². The number of rotatable bonds is 5. The van der Waals surface area contributed by atoms with Crippen LogP contribution in [0.2, 0.25) is 0 Å². The number of piperazine rings is 1. The second-order valence-electron chi connectivity index (χ2n) is 9.10. The van der Waals surface area contributed by atoms with Crippen molar-refractivity contribution in [3.05, 3.63) is 51.7 Å². The first-order valence-corrected chi connectivity index (χ1v) is 11.7. The third kappa shape index (κ3) is 4.68. The van der Waals surface area contributed by atoms with Gasteiger partial charge in [-0.05, 0) is 31.2 Å². The van der Waals surface area contributed by atoms with Gasteiger partial charge in [0, 0.05) is 43.5 Å². The van der Waals surface area contributed by atoms with E-state index in [1.54, 1.807) is 23.1 Å². The third-order valence-corrected chi connectivity index (χ3v) is 6.97. The van der Waals surface area contributed by atoms with E-state index < -0.39 is 0 Å². The van der Waals surface area contributed by atoms with E-state index in [2.05, 4.69) is 41.4 Å². The van der Waals surface area contributed by atoms with E-state index in [1.807, 2.05) is 36.1 Å². The molecule has 0 unspecified atom stereocenters.